The molecule has 1 aliphatic carbocycles. The number of nitrogens with one attached hydrogen (secondary N) is 2. The summed E-state index contributed by atoms with van der Waals surface area (Å²) in [5.74, 6) is 1.85. The van der Waals surface area contributed by atoms with Gasteiger partial charge in [0.25, 0.3) is 0 Å². The van der Waals surface area contributed by atoms with Crippen molar-refractivity contribution < 1.29 is 14.2 Å². The molecule has 7 heteroatoms. The number of benzene rings is 1. The quantitative estimate of drug-likeness (QED) is 0.204. The minimum atomic E-state index is 0. The molecule has 3 rings (SSSR count). The van der Waals surface area contributed by atoms with E-state index >= 15 is 0 Å². The van der Waals surface area contributed by atoms with Gasteiger partial charge in [-0.2, -0.15) is 0 Å². The van der Waals surface area contributed by atoms with Gasteiger partial charge < -0.3 is 24.8 Å². The normalized spacial score (nSPS) is 20.1. The first-order chi connectivity index (χ1) is 13.8. The Morgan fingerprint density at radius 2 is 2.10 bits per heavy atom. The summed E-state index contributed by atoms with van der Waals surface area (Å²) in [6.07, 6.45) is 5.87. The Hall–Kier alpha value is -1.06. The summed E-state index contributed by atoms with van der Waals surface area (Å²) < 4.78 is 16.9. The average Bonchev–Trinajstić information content (AvgIpc) is 3.34. The Bertz CT molecular complexity index is 631. The van der Waals surface area contributed by atoms with E-state index in [1.807, 2.05) is 12.1 Å². The second kappa shape index (κ2) is 12.6. The predicted molar refractivity (Wildman–Crippen MR) is 128 cm³/mol. The van der Waals surface area contributed by atoms with Gasteiger partial charge in [0.15, 0.2) is 5.96 Å². The van der Waals surface area contributed by atoms with Crippen LogP contribution in [0, 0.1) is 0 Å². The molecule has 1 aromatic carbocycles. The molecule has 1 unspecified atom stereocenters. The summed E-state index contributed by atoms with van der Waals surface area (Å²) in [5.41, 5.74) is 1.40. The zero-order valence-corrected chi connectivity index (χ0v) is 20.1. The van der Waals surface area contributed by atoms with Crippen molar-refractivity contribution in [3.8, 4) is 5.75 Å². The maximum atomic E-state index is 5.73. The van der Waals surface area contributed by atoms with Crippen molar-refractivity contribution in [2.45, 2.75) is 50.5 Å². The van der Waals surface area contributed by atoms with Crippen LogP contribution in [-0.4, -0.2) is 58.6 Å². The second-order valence-electron chi connectivity index (χ2n) is 7.67. The standard InChI is InChI=1S/C22H35N3O3.HI/c1-3-23-21(24-13-7-14-27-16-18-8-6-15-28-18)25-17-22(11-12-22)19-9-4-5-10-20(19)26-2;/h4-5,9-10,18H,3,6-8,11-17H2,1-2H3,(H2,23,24,25);1H. The minimum Gasteiger partial charge on any atom is -0.496 e. The third kappa shape index (κ3) is 7.29. The fourth-order valence-electron chi connectivity index (χ4n) is 3.69. The van der Waals surface area contributed by atoms with Crippen LogP contribution in [0.2, 0.25) is 0 Å². The van der Waals surface area contributed by atoms with E-state index in [0.29, 0.717) is 6.10 Å². The molecule has 0 aromatic heterocycles. The largest absolute Gasteiger partial charge is 0.496 e. The molecule has 6 nitrogen and oxygen atoms in total. The Morgan fingerprint density at radius 3 is 2.79 bits per heavy atom. The topological polar surface area (TPSA) is 64.1 Å². The minimum absolute atomic E-state index is 0. The summed E-state index contributed by atoms with van der Waals surface area (Å²) in [5, 5.41) is 6.77. The van der Waals surface area contributed by atoms with Gasteiger partial charge in [-0.3, -0.25) is 4.99 Å². The fourth-order valence-corrected chi connectivity index (χ4v) is 3.69. The van der Waals surface area contributed by atoms with Gasteiger partial charge in [0.05, 0.1) is 26.4 Å². The van der Waals surface area contributed by atoms with Crippen molar-refractivity contribution >= 4 is 29.9 Å². The van der Waals surface area contributed by atoms with Gasteiger partial charge in [0, 0.05) is 37.3 Å². The van der Waals surface area contributed by atoms with Crippen molar-refractivity contribution in [3.63, 3.8) is 0 Å². The van der Waals surface area contributed by atoms with E-state index in [1.165, 1.54) is 5.56 Å². The van der Waals surface area contributed by atoms with Crippen molar-refractivity contribution in [3.05, 3.63) is 29.8 Å². The van der Waals surface area contributed by atoms with Crippen LogP contribution >= 0.6 is 24.0 Å². The highest BCUT2D eigenvalue weighted by Gasteiger charge is 2.46. The van der Waals surface area contributed by atoms with Gasteiger partial charge in [-0.25, -0.2) is 0 Å². The van der Waals surface area contributed by atoms with Gasteiger partial charge in [-0.15, -0.1) is 24.0 Å². The highest BCUT2D eigenvalue weighted by molar-refractivity contribution is 14.0. The lowest BCUT2D eigenvalue weighted by Gasteiger charge is -2.18. The van der Waals surface area contributed by atoms with Gasteiger partial charge in [-0.1, -0.05) is 18.2 Å². The lowest BCUT2D eigenvalue weighted by atomic mass is 9.95. The van der Waals surface area contributed by atoms with Crippen LogP contribution in [0.4, 0.5) is 0 Å². The number of nitrogens with zero attached hydrogens (tertiary/aromatic N) is 1. The lowest BCUT2D eigenvalue weighted by molar-refractivity contribution is 0.0168. The first-order valence-electron chi connectivity index (χ1n) is 10.6. The highest BCUT2D eigenvalue weighted by Crippen LogP contribution is 2.51. The number of ether oxygens (including phenoxy) is 3. The molecular formula is C22H36IN3O3. The Morgan fingerprint density at radius 1 is 1.28 bits per heavy atom. The smallest absolute Gasteiger partial charge is 0.191 e. The first kappa shape index (κ1) is 24.2. The van der Waals surface area contributed by atoms with E-state index < -0.39 is 0 Å². The molecule has 29 heavy (non-hydrogen) atoms. The van der Waals surface area contributed by atoms with Gasteiger partial charge in [0.2, 0.25) is 0 Å². The van der Waals surface area contributed by atoms with Crippen LogP contribution in [0.25, 0.3) is 0 Å². The average molecular weight is 517 g/mol. The van der Waals surface area contributed by atoms with Crippen LogP contribution in [-0.2, 0) is 14.9 Å². The van der Waals surface area contributed by atoms with Gasteiger partial charge in [-0.05, 0) is 45.1 Å². The Labute approximate surface area is 192 Å². The van der Waals surface area contributed by atoms with Gasteiger partial charge in [0.1, 0.15) is 5.75 Å². The summed E-state index contributed by atoms with van der Waals surface area (Å²) in [6, 6.07) is 8.32. The molecule has 0 spiro atoms. The molecule has 1 atom stereocenters. The maximum Gasteiger partial charge on any atom is 0.191 e. The van der Waals surface area contributed by atoms with Crippen molar-refractivity contribution in [2.75, 3.05) is 46.6 Å². The van der Waals surface area contributed by atoms with Crippen molar-refractivity contribution in [1.82, 2.24) is 10.6 Å². The van der Waals surface area contributed by atoms with Crippen LogP contribution in [0.5, 0.6) is 5.75 Å². The summed E-state index contributed by atoms with van der Waals surface area (Å²) in [6.45, 7) is 6.91. The molecule has 2 aliphatic rings. The van der Waals surface area contributed by atoms with Crippen LogP contribution in [0.3, 0.4) is 0 Å². The second-order valence-corrected chi connectivity index (χ2v) is 7.67. The molecule has 1 aliphatic heterocycles. The SMILES string of the molecule is CCNC(=NCC1(c2ccccc2OC)CC1)NCCCOCC1CCCO1.I. The number of hydrogen-bond donors (Lipinski definition) is 2. The number of methoxy groups -OCH3 is 1. The molecule has 1 heterocycles. The van der Waals surface area contributed by atoms with E-state index in [4.69, 9.17) is 19.2 Å². The number of aliphatic imine (C=N–C) groups is 1. The molecule has 164 valence electrons. The van der Waals surface area contributed by atoms with Crippen LogP contribution in [0.15, 0.2) is 29.3 Å². The van der Waals surface area contributed by atoms with Crippen molar-refractivity contribution in [1.29, 1.82) is 0 Å². The summed E-state index contributed by atoms with van der Waals surface area (Å²) >= 11 is 0. The number of para-hydroxylation sites is 1. The molecule has 0 bridgehead atoms. The third-order valence-corrected chi connectivity index (χ3v) is 5.50. The highest BCUT2D eigenvalue weighted by atomic mass is 127. The molecular weight excluding hydrogens is 481 g/mol. The Kier molecular flexibility index (Phi) is 10.5. The van der Waals surface area contributed by atoms with E-state index in [1.54, 1.807) is 7.11 Å². The van der Waals surface area contributed by atoms with Crippen molar-refractivity contribution in [2.24, 2.45) is 4.99 Å². The monoisotopic (exact) mass is 517 g/mol. The molecule has 2 N–H and O–H groups in total. The zero-order chi connectivity index (χ0) is 19.7. The number of guanidine groups is 1. The maximum absolute atomic E-state index is 5.73. The fraction of sp³-hybridized carbons (Fsp3) is 0.682. The van der Waals surface area contributed by atoms with E-state index in [0.717, 1.165) is 83.3 Å². The van der Waals surface area contributed by atoms with Crippen LogP contribution < -0.4 is 15.4 Å². The number of halogens is 1. The molecule has 1 saturated heterocycles. The third-order valence-electron chi connectivity index (χ3n) is 5.50. The lowest BCUT2D eigenvalue weighted by Crippen LogP contribution is -2.38. The summed E-state index contributed by atoms with van der Waals surface area (Å²) in [7, 11) is 1.74. The molecule has 0 amide bonds. The predicted octanol–water partition coefficient (Wildman–Crippen LogP) is 3.49. The number of hydrogen-bond acceptors (Lipinski definition) is 4. The van der Waals surface area contributed by atoms with E-state index in [2.05, 4.69) is 29.7 Å². The van der Waals surface area contributed by atoms with Gasteiger partial charge >= 0.3 is 0 Å². The molecule has 1 saturated carbocycles. The van der Waals surface area contributed by atoms with E-state index in [9.17, 15) is 0 Å². The zero-order valence-electron chi connectivity index (χ0n) is 17.7. The van der Waals surface area contributed by atoms with E-state index in [-0.39, 0.29) is 29.4 Å². The number of rotatable bonds is 11. The van der Waals surface area contributed by atoms with Crippen LogP contribution in [0.1, 0.15) is 44.6 Å². The molecule has 0 radical (unpaired) electrons. The molecule has 1 aromatic rings. The Balaban J connectivity index is 0.00000300. The first-order valence-corrected chi connectivity index (χ1v) is 10.6. The molecule has 2 fully saturated rings. The summed E-state index contributed by atoms with van der Waals surface area (Å²) in [4.78, 5) is 4.86.